The second kappa shape index (κ2) is 4.93. The highest BCUT2D eigenvalue weighted by molar-refractivity contribution is 5.16. The van der Waals surface area contributed by atoms with Crippen molar-refractivity contribution >= 4 is 0 Å². The van der Waals surface area contributed by atoms with Crippen LogP contribution in [0, 0.1) is 11.7 Å². The van der Waals surface area contributed by atoms with Crippen molar-refractivity contribution in [2.24, 2.45) is 5.92 Å². The number of hydrogen-bond acceptors (Lipinski definition) is 2. The summed E-state index contributed by atoms with van der Waals surface area (Å²) in [6.45, 7) is 1.75. The smallest absolute Gasteiger partial charge is 0.123 e. The highest BCUT2D eigenvalue weighted by Crippen LogP contribution is 2.27. The molecule has 0 radical (unpaired) electrons. The van der Waals surface area contributed by atoms with E-state index in [1.165, 1.54) is 6.07 Å². The van der Waals surface area contributed by atoms with Crippen LogP contribution < -0.4 is 0 Å². The summed E-state index contributed by atoms with van der Waals surface area (Å²) in [6.07, 6.45) is 1.73. The van der Waals surface area contributed by atoms with Gasteiger partial charge in [0.25, 0.3) is 0 Å². The molecule has 1 aromatic carbocycles. The molecular weight excluding hydrogens is 205 g/mol. The molecule has 1 aromatic rings. The van der Waals surface area contributed by atoms with Crippen molar-refractivity contribution in [2.45, 2.75) is 25.5 Å². The van der Waals surface area contributed by atoms with Gasteiger partial charge >= 0.3 is 0 Å². The first kappa shape index (κ1) is 11.6. The Morgan fingerprint density at radius 2 is 2.19 bits per heavy atom. The molecule has 0 unspecified atom stereocenters. The molecule has 1 fully saturated rings. The van der Waals surface area contributed by atoms with Gasteiger partial charge in [0.05, 0.1) is 6.10 Å². The largest absolute Gasteiger partial charge is 0.393 e. The Kier molecular flexibility index (Phi) is 3.56. The SMILES string of the molecule is CN(Cc1cccc(F)c1)CC1CC(O)C1. The van der Waals surface area contributed by atoms with Gasteiger partial charge in [-0.3, -0.25) is 0 Å². The predicted molar refractivity (Wildman–Crippen MR) is 61.5 cm³/mol. The quantitative estimate of drug-likeness (QED) is 0.844. The van der Waals surface area contributed by atoms with Crippen LogP contribution in [0.15, 0.2) is 24.3 Å². The zero-order valence-electron chi connectivity index (χ0n) is 9.56. The van der Waals surface area contributed by atoms with Gasteiger partial charge in [-0.05, 0) is 43.5 Å². The van der Waals surface area contributed by atoms with E-state index in [9.17, 15) is 9.50 Å². The molecule has 0 aliphatic heterocycles. The number of aliphatic hydroxyl groups excluding tert-OH is 1. The summed E-state index contributed by atoms with van der Waals surface area (Å²) < 4.78 is 13.0. The normalized spacial score (nSPS) is 24.5. The minimum atomic E-state index is -0.176. The first-order valence-electron chi connectivity index (χ1n) is 5.74. The van der Waals surface area contributed by atoms with Gasteiger partial charge in [0, 0.05) is 13.1 Å². The van der Waals surface area contributed by atoms with Crippen LogP contribution in [-0.2, 0) is 6.54 Å². The Bertz CT molecular complexity index is 350. The number of rotatable bonds is 4. The fourth-order valence-electron chi connectivity index (χ4n) is 2.30. The van der Waals surface area contributed by atoms with Crippen molar-refractivity contribution in [1.82, 2.24) is 4.90 Å². The van der Waals surface area contributed by atoms with E-state index in [0.29, 0.717) is 5.92 Å². The standard InChI is InChI=1S/C13H18FNO/c1-15(9-11-6-13(16)7-11)8-10-3-2-4-12(14)5-10/h2-5,11,13,16H,6-9H2,1H3. The molecule has 0 spiro atoms. The van der Waals surface area contributed by atoms with Gasteiger partial charge in [0.2, 0.25) is 0 Å². The molecule has 88 valence electrons. The van der Waals surface area contributed by atoms with Crippen LogP contribution >= 0.6 is 0 Å². The second-order valence-corrected chi connectivity index (χ2v) is 4.82. The summed E-state index contributed by atoms with van der Waals surface area (Å²) in [5.74, 6) is 0.429. The van der Waals surface area contributed by atoms with Crippen molar-refractivity contribution in [1.29, 1.82) is 0 Å². The summed E-state index contributed by atoms with van der Waals surface area (Å²) in [5.41, 5.74) is 1.00. The van der Waals surface area contributed by atoms with Crippen molar-refractivity contribution in [3.05, 3.63) is 35.6 Å². The monoisotopic (exact) mass is 223 g/mol. The van der Waals surface area contributed by atoms with Crippen molar-refractivity contribution in [3.8, 4) is 0 Å². The molecule has 0 amide bonds. The lowest BCUT2D eigenvalue weighted by Gasteiger charge is -2.34. The number of hydrogen-bond donors (Lipinski definition) is 1. The Hall–Kier alpha value is -0.930. The van der Waals surface area contributed by atoms with Crippen LogP contribution in [0.2, 0.25) is 0 Å². The van der Waals surface area contributed by atoms with E-state index in [4.69, 9.17) is 0 Å². The molecule has 2 nitrogen and oxygen atoms in total. The van der Waals surface area contributed by atoms with E-state index in [2.05, 4.69) is 4.90 Å². The molecule has 16 heavy (non-hydrogen) atoms. The number of nitrogens with zero attached hydrogens (tertiary/aromatic N) is 1. The van der Waals surface area contributed by atoms with Crippen LogP contribution in [0.3, 0.4) is 0 Å². The molecule has 2 rings (SSSR count). The average Bonchev–Trinajstić information content (AvgIpc) is 2.15. The van der Waals surface area contributed by atoms with Crippen LogP contribution in [0.1, 0.15) is 18.4 Å². The molecule has 3 heteroatoms. The lowest BCUT2D eigenvalue weighted by Crippen LogP contribution is -2.36. The molecule has 1 saturated carbocycles. The van der Waals surface area contributed by atoms with E-state index in [1.807, 2.05) is 13.1 Å². The Labute approximate surface area is 95.7 Å². The van der Waals surface area contributed by atoms with Crippen LogP contribution in [0.25, 0.3) is 0 Å². The Morgan fingerprint density at radius 3 is 2.81 bits per heavy atom. The van der Waals surface area contributed by atoms with Crippen molar-refractivity contribution < 1.29 is 9.50 Å². The molecule has 0 bridgehead atoms. The highest BCUT2D eigenvalue weighted by atomic mass is 19.1. The minimum Gasteiger partial charge on any atom is -0.393 e. The van der Waals surface area contributed by atoms with E-state index >= 15 is 0 Å². The third-order valence-corrected chi connectivity index (χ3v) is 3.12. The molecule has 1 aliphatic rings. The van der Waals surface area contributed by atoms with Crippen LogP contribution in [0.4, 0.5) is 4.39 Å². The summed E-state index contributed by atoms with van der Waals surface area (Å²) in [5, 5.41) is 9.19. The minimum absolute atomic E-state index is 0.0902. The van der Waals surface area contributed by atoms with Crippen molar-refractivity contribution in [3.63, 3.8) is 0 Å². The van der Waals surface area contributed by atoms with Gasteiger partial charge in [-0.1, -0.05) is 12.1 Å². The van der Waals surface area contributed by atoms with Crippen LogP contribution in [-0.4, -0.2) is 29.7 Å². The van der Waals surface area contributed by atoms with E-state index in [-0.39, 0.29) is 11.9 Å². The molecular formula is C13H18FNO. The third-order valence-electron chi connectivity index (χ3n) is 3.12. The molecule has 0 saturated heterocycles. The predicted octanol–water partition coefficient (Wildman–Crippen LogP) is 2.03. The lowest BCUT2D eigenvalue weighted by molar-refractivity contribution is 0.0274. The second-order valence-electron chi connectivity index (χ2n) is 4.82. The first-order valence-corrected chi connectivity index (χ1v) is 5.74. The highest BCUT2D eigenvalue weighted by Gasteiger charge is 2.27. The topological polar surface area (TPSA) is 23.5 Å². The zero-order valence-corrected chi connectivity index (χ0v) is 9.56. The number of aliphatic hydroxyl groups is 1. The fourth-order valence-corrected chi connectivity index (χ4v) is 2.30. The van der Waals surface area contributed by atoms with E-state index < -0.39 is 0 Å². The average molecular weight is 223 g/mol. The van der Waals surface area contributed by atoms with Crippen molar-refractivity contribution in [2.75, 3.05) is 13.6 Å². The third kappa shape index (κ3) is 3.03. The van der Waals surface area contributed by atoms with Gasteiger partial charge in [-0.15, -0.1) is 0 Å². The van der Waals surface area contributed by atoms with Gasteiger partial charge in [-0.25, -0.2) is 4.39 Å². The molecule has 0 atom stereocenters. The van der Waals surface area contributed by atoms with E-state index in [0.717, 1.165) is 31.5 Å². The molecule has 0 heterocycles. The van der Waals surface area contributed by atoms with Gasteiger partial charge < -0.3 is 10.0 Å². The molecule has 0 aromatic heterocycles. The number of halogens is 1. The lowest BCUT2D eigenvalue weighted by atomic mass is 9.82. The summed E-state index contributed by atoms with van der Waals surface area (Å²) in [4.78, 5) is 2.19. The van der Waals surface area contributed by atoms with Gasteiger partial charge in [-0.2, -0.15) is 0 Å². The fraction of sp³-hybridized carbons (Fsp3) is 0.538. The molecule has 1 N–H and O–H groups in total. The summed E-state index contributed by atoms with van der Waals surface area (Å²) >= 11 is 0. The number of benzene rings is 1. The molecule has 1 aliphatic carbocycles. The van der Waals surface area contributed by atoms with Gasteiger partial charge in [0.15, 0.2) is 0 Å². The van der Waals surface area contributed by atoms with Crippen LogP contribution in [0.5, 0.6) is 0 Å². The maximum absolute atomic E-state index is 13.0. The maximum atomic E-state index is 13.0. The Balaban J connectivity index is 1.80. The summed E-state index contributed by atoms with van der Waals surface area (Å²) in [6, 6.07) is 6.72. The first-order chi connectivity index (χ1) is 7.63. The summed E-state index contributed by atoms with van der Waals surface area (Å²) in [7, 11) is 2.04. The maximum Gasteiger partial charge on any atom is 0.123 e. The van der Waals surface area contributed by atoms with Gasteiger partial charge in [0.1, 0.15) is 5.82 Å². The zero-order chi connectivity index (χ0) is 11.5. The Morgan fingerprint density at radius 1 is 1.44 bits per heavy atom. The van der Waals surface area contributed by atoms with E-state index in [1.54, 1.807) is 12.1 Å².